The van der Waals surface area contributed by atoms with E-state index < -0.39 is 10.0 Å². The Bertz CT molecular complexity index is 1110. The highest BCUT2D eigenvalue weighted by atomic mass is 32.2. The molecule has 2 aromatic carbocycles. The van der Waals surface area contributed by atoms with Crippen LogP contribution < -0.4 is 19.5 Å². The van der Waals surface area contributed by atoms with Crippen molar-refractivity contribution in [1.29, 1.82) is 0 Å². The largest absolute Gasteiger partial charge is 0.481 e. The van der Waals surface area contributed by atoms with Crippen molar-refractivity contribution in [1.82, 2.24) is 9.97 Å². The molecule has 3 rings (SSSR count). The lowest BCUT2D eigenvalue weighted by molar-refractivity contribution is 0.0986. The molecule has 0 saturated carbocycles. The number of ether oxygens (including phenoxy) is 2. The van der Waals surface area contributed by atoms with Gasteiger partial charge in [0.15, 0.2) is 11.6 Å². The molecule has 0 amide bonds. The second kappa shape index (κ2) is 9.90. The van der Waals surface area contributed by atoms with Gasteiger partial charge in [0.05, 0.1) is 19.1 Å². The van der Waals surface area contributed by atoms with Crippen LogP contribution in [0.3, 0.4) is 0 Å². The van der Waals surface area contributed by atoms with Gasteiger partial charge >= 0.3 is 6.01 Å². The Balaban J connectivity index is 1.61. The summed E-state index contributed by atoms with van der Waals surface area (Å²) in [5, 5.41) is 3.11. The van der Waals surface area contributed by atoms with Crippen LogP contribution in [0.1, 0.15) is 16.8 Å². The molecule has 0 fully saturated rings. The highest BCUT2D eigenvalue weighted by Gasteiger charge is 2.17. The van der Waals surface area contributed by atoms with Crippen molar-refractivity contribution in [2.75, 3.05) is 30.8 Å². The predicted octanol–water partition coefficient (Wildman–Crippen LogP) is 2.98. The van der Waals surface area contributed by atoms with E-state index in [2.05, 4.69) is 20.0 Å². The third-order valence-corrected chi connectivity index (χ3v) is 5.62. The third-order valence-electron chi connectivity index (χ3n) is 4.25. The van der Waals surface area contributed by atoms with Crippen LogP contribution in [0, 0.1) is 0 Å². The number of methoxy groups -OCH3 is 2. The Kier molecular flexibility index (Phi) is 7.03. The molecule has 162 valence electrons. The highest BCUT2D eigenvalue weighted by molar-refractivity contribution is 7.92. The number of carbonyl (C=O) groups excluding carboxylic acids is 1. The van der Waals surface area contributed by atoms with E-state index in [0.717, 1.165) is 0 Å². The minimum Gasteiger partial charge on any atom is -0.481 e. The molecule has 0 aliphatic rings. The monoisotopic (exact) mass is 442 g/mol. The summed E-state index contributed by atoms with van der Waals surface area (Å²) in [7, 11) is -1.11. The number of Topliss-reactive ketones (excluding diaryl/α,β-unsaturated/α-hetero) is 1. The van der Waals surface area contributed by atoms with E-state index in [1.54, 1.807) is 24.3 Å². The van der Waals surface area contributed by atoms with Gasteiger partial charge in [-0.25, -0.2) is 8.42 Å². The zero-order chi connectivity index (χ0) is 22.3. The number of rotatable bonds is 10. The molecule has 31 heavy (non-hydrogen) atoms. The van der Waals surface area contributed by atoms with Crippen LogP contribution in [0.2, 0.25) is 0 Å². The van der Waals surface area contributed by atoms with Gasteiger partial charge in [0, 0.05) is 30.3 Å². The standard InChI is InChI=1S/C21H22N4O5S/c1-29-20-14-19(23-21(24-20)30-2)25-31(27,28)17-10-8-16(9-11-17)22-13-12-18(26)15-6-4-3-5-7-15/h3-11,14,22H,12-13H2,1-2H3,(H,23,24,25). The average molecular weight is 442 g/mol. The fourth-order valence-electron chi connectivity index (χ4n) is 2.69. The third kappa shape index (κ3) is 5.92. The first-order valence-electron chi connectivity index (χ1n) is 9.33. The summed E-state index contributed by atoms with van der Waals surface area (Å²) < 4.78 is 37.6. The molecular formula is C21H22N4O5S. The molecule has 0 spiro atoms. The maximum Gasteiger partial charge on any atom is 0.321 e. The first-order chi connectivity index (χ1) is 14.9. The summed E-state index contributed by atoms with van der Waals surface area (Å²) in [6, 6.07) is 16.5. The van der Waals surface area contributed by atoms with Crippen molar-refractivity contribution in [2.45, 2.75) is 11.3 Å². The molecule has 1 heterocycles. The van der Waals surface area contributed by atoms with Crippen molar-refractivity contribution < 1.29 is 22.7 Å². The number of nitrogens with zero attached hydrogens (tertiary/aromatic N) is 2. The lowest BCUT2D eigenvalue weighted by Gasteiger charge is -2.11. The second-order valence-electron chi connectivity index (χ2n) is 6.38. The van der Waals surface area contributed by atoms with Crippen LogP contribution in [-0.4, -0.2) is 44.9 Å². The summed E-state index contributed by atoms with van der Waals surface area (Å²) in [5.74, 6) is 0.215. The number of benzene rings is 2. The van der Waals surface area contributed by atoms with E-state index in [4.69, 9.17) is 9.47 Å². The number of hydrogen-bond donors (Lipinski definition) is 2. The molecule has 0 atom stereocenters. The maximum atomic E-state index is 12.7. The topological polar surface area (TPSA) is 120 Å². The van der Waals surface area contributed by atoms with Crippen molar-refractivity contribution in [3.05, 3.63) is 66.2 Å². The Morgan fingerprint density at radius 2 is 1.68 bits per heavy atom. The van der Waals surface area contributed by atoms with Crippen molar-refractivity contribution in [3.63, 3.8) is 0 Å². The van der Waals surface area contributed by atoms with E-state index in [9.17, 15) is 13.2 Å². The number of nitrogens with one attached hydrogen (secondary N) is 2. The Morgan fingerprint density at radius 3 is 2.32 bits per heavy atom. The van der Waals surface area contributed by atoms with Crippen molar-refractivity contribution in [2.24, 2.45) is 0 Å². The maximum absolute atomic E-state index is 12.7. The molecule has 0 radical (unpaired) electrons. The zero-order valence-electron chi connectivity index (χ0n) is 17.0. The Labute approximate surface area is 180 Å². The zero-order valence-corrected chi connectivity index (χ0v) is 17.8. The van der Waals surface area contributed by atoms with Crippen LogP contribution in [0.15, 0.2) is 65.6 Å². The molecular weight excluding hydrogens is 420 g/mol. The number of ketones is 1. The van der Waals surface area contributed by atoms with E-state index in [1.807, 2.05) is 18.2 Å². The number of sulfonamides is 1. The fraction of sp³-hybridized carbons (Fsp3) is 0.190. The van der Waals surface area contributed by atoms with E-state index in [0.29, 0.717) is 24.2 Å². The van der Waals surface area contributed by atoms with E-state index in [-0.39, 0.29) is 28.4 Å². The van der Waals surface area contributed by atoms with Gasteiger partial charge in [-0.15, -0.1) is 0 Å². The lowest BCUT2D eigenvalue weighted by Crippen LogP contribution is -2.15. The number of hydrogen-bond acceptors (Lipinski definition) is 8. The van der Waals surface area contributed by atoms with Gasteiger partial charge in [-0.1, -0.05) is 30.3 Å². The summed E-state index contributed by atoms with van der Waals surface area (Å²) in [6.07, 6.45) is 0.322. The predicted molar refractivity (Wildman–Crippen MR) is 116 cm³/mol. The summed E-state index contributed by atoms with van der Waals surface area (Å²) in [6.45, 7) is 0.429. The van der Waals surface area contributed by atoms with Crippen LogP contribution in [-0.2, 0) is 10.0 Å². The normalized spacial score (nSPS) is 10.9. The SMILES string of the molecule is COc1cc(NS(=O)(=O)c2ccc(NCCC(=O)c3ccccc3)cc2)nc(OC)n1. The number of carbonyl (C=O) groups is 1. The van der Waals surface area contributed by atoms with Crippen LogP contribution in [0.5, 0.6) is 11.9 Å². The fourth-order valence-corrected chi connectivity index (χ4v) is 3.68. The smallest absolute Gasteiger partial charge is 0.321 e. The van der Waals surface area contributed by atoms with Gasteiger partial charge < -0.3 is 14.8 Å². The van der Waals surface area contributed by atoms with Gasteiger partial charge in [-0.2, -0.15) is 9.97 Å². The van der Waals surface area contributed by atoms with Gasteiger partial charge in [0.1, 0.15) is 0 Å². The quantitative estimate of drug-likeness (QED) is 0.460. The average Bonchev–Trinajstić information content (AvgIpc) is 2.79. The van der Waals surface area contributed by atoms with Gasteiger partial charge in [-0.05, 0) is 24.3 Å². The molecule has 9 nitrogen and oxygen atoms in total. The molecule has 10 heteroatoms. The molecule has 0 aliphatic carbocycles. The lowest BCUT2D eigenvalue weighted by atomic mass is 10.1. The van der Waals surface area contributed by atoms with Crippen molar-refractivity contribution >= 4 is 27.3 Å². The molecule has 3 aromatic rings. The van der Waals surface area contributed by atoms with Crippen LogP contribution >= 0.6 is 0 Å². The molecule has 0 bridgehead atoms. The highest BCUT2D eigenvalue weighted by Crippen LogP contribution is 2.21. The summed E-state index contributed by atoms with van der Waals surface area (Å²) in [5.41, 5.74) is 1.36. The van der Waals surface area contributed by atoms with Crippen LogP contribution in [0.25, 0.3) is 0 Å². The number of aromatic nitrogens is 2. The molecule has 2 N–H and O–H groups in total. The first-order valence-corrected chi connectivity index (χ1v) is 10.8. The molecule has 1 aromatic heterocycles. The van der Waals surface area contributed by atoms with Gasteiger partial charge in [-0.3, -0.25) is 9.52 Å². The summed E-state index contributed by atoms with van der Waals surface area (Å²) >= 11 is 0. The Hall–Kier alpha value is -3.66. The van der Waals surface area contributed by atoms with Gasteiger partial charge in [0.25, 0.3) is 10.0 Å². The second-order valence-corrected chi connectivity index (χ2v) is 8.06. The van der Waals surface area contributed by atoms with E-state index in [1.165, 1.54) is 32.4 Å². The number of anilines is 2. The van der Waals surface area contributed by atoms with E-state index >= 15 is 0 Å². The van der Waals surface area contributed by atoms with Crippen LogP contribution in [0.4, 0.5) is 11.5 Å². The minimum atomic E-state index is -3.88. The first kappa shape index (κ1) is 22.0. The molecule has 0 unspecified atom stereocenters. The molecule has 0 saturated heterocycles. The van der Waals surface area contributed by atoms with Gasteiger partial charge in [0.2, 0.25) is 5.88 Å². The summed E-state index contributed by atoms with van der Waals surface area (Å²) in [4.78, 5) is 20.1. The van der Waals surface area contributed by atoms with Crippen molar-refractivity contribution in [3.8, 4) is 11.9 Å². The Morgan fingerprint density at radius 1 is 0.968 bits per heavy atom. The minimum absolute atomic E-state index is 0.0188. The molecule has 0 aliphatic heterocycles.